The summed E-state index contributed by atoms with van der Waals surface area (Å²) in [5.41, 5.74) is 0. The van der Waals surface area contributed by atoms with Gasteiger partial charge in [0.05, 0.1) is 0 Å². The Morgan fingerprint density at radius 1 is 0.269 bits per heavy atom. The van der Waals surface area contributed by atoms with Crippen molar-refractivity contribution in [2.75, 3.05) is 13.2 Å². The van der Waals surface area contributed by atoms with Crippen LogP contribution in [0.3, 0.4) is 0 Å². The van der Waals surface area contributed by atoms with Gasteiger partial charge < -0.3 is 14.2 Å². The normalized spacial score (nSPS) is 12.5. The van der Waals surface area contributed by atoms with Gasteiger partial charge in [-0.25, -0.2) is 0 Å². The van der Waals surface area contributed by atoms with Crippen LogP contribution in [0.25, 0.3) is 0 Å². The molecular formula is C72H128O6. The Morgan fingerprint density at radius 2 is 0.500 bits per heavy atom. The van der Waals surface area contributed by atoms with Crippen molar-refractivity contribution in [1.82, 2.24) is 0 Å². The predicted octanol–water partition coefficient (Wildman–Crippen LogP) is 23.3. The second-order valence-corrected chi connectivity index (χ2v) is 22.7. The van der Waals surface area contributed by atoms with Crippen LogP contribution >= 0.6 is 0 Å². The van der Waals surface area contributed by atoms with E-state index in [2.05, 4.69) is 93.7 Å². The van der Waals surface area contributed by atoms with E-state index in [-0.39, 0.29) is 31.1 Å². The molecule has 0 aliphatic carbocycles. The average molecular weight is 1090 g/mol. The van der Waals surface area contributed by atoms with Gasteiger partial charge in [0.15, 0.2) is 6.10 Å². The predicted molar refractivity (Wildman–Crippen MR) is 339 cm³/mol. The van der Waals surface area contributed by atoms with Gasteiger partial charge in [0.1, 0.15) is 13.2 Å². The number of rotatable bonds is 62. The molecule has 1 atom stereocenters. The van der Waals surface area contributed by atoms with Crippen LogP contribution in [-0.2, 0) is 28.6 Å². The first-order chi connectivity index (χ1) is 38.5. The molecular weight excluding hydrogens is 961 g/mol. The molecule has 6 nitrogen and oxygen atoms in total. The lowest BCUT2D eigenvalue weighted by Gasteiger charge is -2.18. The van der Waals surface area contributed by atoms with Crippen LogP contribution in [-0.4, -0.2) is 37.2 Å². The summed E-state index contributed by atoms with van der Waals surface area (Å²) in [7, 11) is 0. The lowest BCUT2D eigenvalue weighted by atomic mass is 10.0. The molecule has 0 spiro atoms. The van der Waals surface area contributed by atoms with E-state index >= 15 is 0 Å². The zero-order valence-corrected chi connectivity index (χ0v) is 51.9. The maximum Gasteiger partial charge on any atom is 0.306 e. The number of hydrogen-bond donors (Lipinski definition) is 0. The molecule has 0 saturated heterocycles. The molecule has 0 radical (unpaired) electrons. The molecule has 0 bridgehead atoms. The summed E-state index contributed by atoms with van der Waals surface area (Å²) in [5.74, 6) is -0.898. The topological polar surface area (TPSA) is 78.9 Å². The van der Waals surface area contributed by atoms with Crippen LogP contribution in [0.4, 0.5) is 0 Å². The van der Waals surface area contributed by atoms with E-state index in [0.29, 0.717) is 19.3 Å². The average Bonchev–Trinajstić information content (AvgIpc) is 3.44. The number of ether oxygens (including phenoxy) is 3. The summed E-state index contributed by atoms with van der Waals surface area (Å²) < 4.78 is 16.9. The van der Waals surface area contributed by atoms with Gasteiger partial charge in [-0.1, -0.05) is 312 Å². The fourth-order valence-electron chi connectivity index (χ4n) is 9.88. The van der Waals surface area contributed by atoms with Crippen LogP contribution in [0, 0.1) is 0 Å². The Morgan fingerprint density at radius 3 is 0.808 bits per heavy atom. The van der Waals surface area contributed by atoms with Crippen molar-refractivity contribution in [2.45, 2.75) is 354 Å². The Hall–Kier alpha value is -3.15. The fraction of sp³-hybridized carbons (Fsp3) is 0.792. The lowest BCUT2D eigenvalue weighted by Crippen LogP contribution is -2.30. The Kier molecular flexibility index (Phi) is 63.7. The highest BCUT2D eigenvalue weighted by Gasteiger charge is 2.19. The number of allylic oxidation sites excluding steroid dienone is 12. The van der Waals surface area contributed by atoms with E-state index < -0.39 is 6.10 Å². The van der Waals surface area contributed by atoms with Crippen LogP contribution in [0.1, 0.15) is 348 Å². The molecule has 452 valence electrons. The van der Waals surface area contributed by atoms with Gasteiger partial charge in [-0.3, -0.25) is 14.4 Å². The second kappa shape index (κ2) is 66.4. The summed E-state index contributed by atoms with van der Waals surface area (Å²) in [4.78, 5) is 38.4. The molecule has 0 aliphatic rings. The zero-order valence-electron chi connectivity index (χ0n) is 51.9. The highest BCUT2D eigenvalue weighted by Crippen LogP contribution is 2.17. The van der Waals surface area contributed by atoms with Crippen LogP contribution in [0.5, 0.6) is 0 Å². The second-order valence-electron chi connectivity index (χ2n) is 22.7. The van der Waals surface area contributed by atoms with Crippen LogP contribution in [0.2, 0.25) is 0 Å². The monoisotopic (exact) mass is 1090 g/mol. The van der Waals surface area contributed by atoms with Gasteiger partial charge in [0.2, 0.25) is 0 Å². The summed E-state index contributed by atoms with van der Waals surface area (Å²) in [6.07, 6.45) is 86.3. The quantitative estimate of drug-likeness (QED) is 0.0261. The first-order valence-corrected chi connectivity index (χ1v) is 33.9. The summed E-state index contributed by atoms with van der Waals surface area (Å²) in [6, 6.07) is 0. The van der Waals surface area contributed by atoms with E-state index in [1.807, 2.05) is 0 Å². The summed E-state index contributed by atoms with van der Waals surface area (Å²) in [6.45, 7) is 6.55. The summed E-state index contributed by atoms with van der Waals surface area (Å²) >= 11 is 0. The first kappa shape index (κ1) is 74.8. The molecule has 6 heteroatoms. The highest BCUT2D eigenvalue weighted by atomic mass is 16.6. The Labute approximate surface area is 484 Å². The molecule has 0 saturated carbocycles. The molecule has 0 aromatic rings. The van der Waals surface area contributed by atoms with Crippen molar-refractivity contribution >= 4 is 17.9 Å². The molecule has 0 amide bonds. The van der Waals surface area contributed by atoms with Gasteiger partial charge in [-0.05, 0) is 89.9 Å². The van der Waals surface area contributed by atoms with E-state index in [4.69, 9.17) is 14.2 Å². The van der Waals surface area contributed by atoms with Crippen molar-refractivity contribution in [3.05, 3.63) is 72.9 Å². The Bertz CT molecular complexity index is 1440. The first-order valence-electron chi connectivity index (χ1n) is 33.9. The number of unbranched alkanes of at least 4 members (excludes halogenated alkanes) is 39. The van der Waals surface area contributed by atoms with Crippen molar-refractivity contribution in [3.63, 3.8) is 0 Å². The van der Waals surface area contributed by atoms with Gasteiger partial charge in [0.25, 0.3) is 0 Å². The third-order valence-electron chi connectivity index (χ3n) is 14.9. The third kappa shape index (κ3) is 63.7. The molecule has 0 aromatic heterocycles. The van der Waals surface area contributed by atoms with Crippen molar-refractivity contribution in [3.8, 4) is 0 Å². The van der Waals surface area contributed by atoms with E-state index in [1.165, 1.54) is 212 Å². The van der Waals surface area contributed by atoms with E-state index in [0.717, 1.165) is 96.3 Å². The number of carbonyl (C=O) groups is 3. The molecule has 0 heterocycles. The maximum atomic E-state index is 12.9. The van der Waals surface area contributed by atoms with Crippen molar-refractivity contribution in [1.29, 1.82) is 0 Å². The minimum absolute atomic E-state index is 0.0852. The largest absolute Gasteiger partial charge is 0.462 e. The molecule has 78 heavy (non-hydrogen) atoms. The van der Waals surface area contributed by atoms with Crippen LogP contribution in [0.15, 0.2) is 72.9 Å². The van der Waals surface area contributed by atoms with E-state index in [9.17, 15) is 14.4 Å². The smallest absolute Gasteiger partial charge is 0.306 e. The van der Waals surface area contributed by atoms with Crippen molar-refractivity contribution in [2.24, 2.45) is 0 Å². The Balaban J connectivity index is 4.35. The highest BCUT2D eigenvalue weighted by molar-refractivity contribution is 5.71. The van der Waals surface area contributed by atoms with Gasteiger partial charge in [-0.2, -0.15) is 0 Å². The van der Waals surface area contributed by atoms with Gasteiger partial charge in [0, 0.05) is 19.3 Å². The lowest BCUT2D eigenvalue weighted by molar-refractivity contribution is -0.167. The fourth-order valence-corrected chi connectivity index (χ4v) is 9.88. The number of esters is 3. The van der Waals surface area contributed by atoms with Gasteiger partial charge in [-0.15, -0.1) is 0 Å². The van der Waals surface area contributed by atoms with Crippen molar-refractivity contribution < 1.29 is 28.6 Å². The number of hydrogen-bond acceptors (Lipinski definition) is 6. The molecule has 0 fully saturated rings. The zero-order chi connectivity index (χ0) is 56.4. The molecule has 1 unspecified atom stereocenters. The van der Waals surface area contributed by atoms with E-state index in [1.54, 1.807) is 0 Å². The molecule has 0 rings (SSSR count). The minimum Gasteiger partial charge on any atom is -0.462 e. The van der Waals surface area contributed by atoms with Gasteiger partial charge >= 0.3 is 17.9 Å². The SMILES string of the molecule is CC/C=C\C/C=C\C/C=C\C/C=C\C/C=C\CCCCCC(=O)OC(COC(=O)CCCCCCCCCCCCCCC/C=C\CCCCCCCCCC)COC(=O)CCCCCCCCCCCCCCCCCC. The summed E-state index contributed by atoms with van der Waals surface area (Å²) in [5, 5.41) is 0. The number of carbonyl (C=O) groups excluding carboxylic acids is 3. The minimum atomic E-state index is -0.793. The molecule has 0 aliphatic heterocycles. The molecule has 0 N–H and O–H groups in total. The maximum absolute atomic E-state index is 12.9. The van der Waals surface area contributed by atoms with Crippen LogP contribution < -0.4 is 0 Å². The standard InChI is InChI=1S/C72H128O6/c1-4-7-10-13-16-19-22-25-28-31-33-34-35-36-37-38-40-41-44-47-50-53-56-59-62-65-71(74)77-68-69(67-76-70(73)64-61-58-55-52-49-46-43-30-27-24-21-18-15-12-9-6-3)78-72(75)66-63-60-57-54-51-48-45-42-39-32-29-26-23-20-17-14-11-8-5-2/h8,11,17,20,26,29,31,33,39,42,48,51,69H,4-7,9-10,12-16,18-19,21-25,27-28,30,32,34-38,40-41,43-47,49-50,52-68H2,1-3H3/b11-8-,20-17-,29-26-,33-31-,42-39-,51-48-. The molecule has 0 aromatic carbocycles. The third-order valence-corrected chi connectivity index (χ3v) is 14.9.